The molecule has 3 heteroatoms. The van der Waals surface area contributed by atoms with E-state index in [9.17, 15) is 0 Å². The van der Waals surface area contributed by atoms with E-state index in [1.54, 1.807) is 7.11 Å². The van der Waals surface area contributed by atoms with Gasteiger partial charge < -0.3 is 14.2 Å². The summed E-state index contributed by atoms with van der Waals surface area (Å²) in [7, 11) is 1.70. The lowest BCUT2D eigenvalue weighted by Crippen LogP contribution is -2.44. The van der Waals surface area contributed by atoms with Gasteiger partial charge in [0.05, 0.1) is 18.8 Å². The third-order valence-electron chi connectivity index (χ3n) is 4.39. The number of ether oxygens (including phenoxy) is 3. The summed E-state index contributed by atoms with van der Waals surface area (Å²) in [5.74, 6) is 0.375. The van der Waals surface area contributed by atoms with Gasteiger partial charge in [0.2, 0.25) is 0 Å². The second kappa shape index (κ2) is 9.09. The Morgan fingerprint density at radius 3 is 2.77 bits per heavy atom. The van der Waals surface area contributed by atoms with E-state index in [1.165, 1.54) is 5.56 Å². The Kier molecular flexibility index (Phi) is 7.10. The first-order valence-electron chi connectivity index (χ1n) is 8.19. The predicted molar refractivity (Wildman–Crippen MR) is 88.5 cm³/mol. The Labute approximate surface area is 134 Å². The van der Waals surface area contributed by atoms with Crippen LogP contribution in [0.1, 0.15) is 38.2 Å². The van der Waals surface area contributed by atoms with Gasteiger partial charge in [-0.25, -0.2) is 0 Å². The minimum atomic E-state index is -0.161. The third-order valence-corrected chi connectivity index (χ3v) is 4.39. The van der Waals surface area contributed by atoms with E-state index in [2.05, 4.69) is 25.6 Å². The first-order chi connectivity index (χ1) is 10.7. The zero-order chi connectivity index (χ0) is 15.8. The molecular formula is C19H28O3. The van der Waals surface area contributed by atoms with Crippen molar-refractivity contribution in [2.24, 2.45) is 5.92 Å². The standard InChI is InChI=1S/C19H28O3/c1-4-5-7-12-17-15(2)18(13-19(20-3)22-17)21-14-16-10-8-6-9-11-16/h4,6,8-11,15,17-19H,1,5,7,12-14H2,2-3H3/t15-,17+,18-,19+/m0/s1. The van der Waals surface area contributed by atoms with Crippen LogP contribution in [0.5, 0.6) is 0 Å². The van der Waals surface area contributed by atoms with Gasteiger partial charge in [0, 0.05) is 19.4 Å². The van der Waals surface area contributed by atoms with E-state index in [1.807, 2.05) is 24.3 Å². The molecule has 0 unspecified atom stereocenters. The van der Waals surface area contributed by atoms with Crippen molar-refractivity contribution in [3.63, 3.8) is 0 Å². The zero-order valence-electron chi connectivity index (χ0n) is 13.7. The van der Waals surface area contributed by atoms with E-state index in [-0.39, 0.29) is 18.5 Å². The molecule has 0 aromatic heterocycles. The lowest BCUT2D eigenvalue weighted by Gasteiger charge is -2.39. The highest BCUT2D eigenvalue weighted by Crippen LogP contribution is 2.31. The molecule has 0 aliphatic carbocycles. The maximum absolute atomic E-state index is 6.17. The maximum Gasteiger partial charge on any atom is 0.160 e. The van der Waals surface area contributed by atoms with Gasteiger partial charge in [0.1, 0.15) is 0 Å². The summed E-state index contributed by atoms with van der Waals surface area (Å²) in [4.78, 5) is 0. The summed E-state index contributed by atoms with van der Waals surface area (Å²) in [6.45, 7) is 6.65. The Morgan fingerprint density at radius 2 is 2.09 bits per heavy atom. The van der Waals surface area contributed by atoms with Crippen molar-refractivity contribution in [2.75, 3.05) is 7.11 Å². The van der Waals surface area contributed by atoms with Crippen molar-refractivity contribution in [2.45, 2.75) is 57.7 Å². The molecule has 22 heavy (non-hydrogen) atoms. The quantitative estimate of drug-likeness (QED) is 0.528. The number of rotatable bonds is 8. The topological polar surface area (TPSA) is 27.7 Å². The summed E-state index contributed by atoms with van der Waals surface area (Å²) in [6.07, 6.45) is 6.11. The summed E-state index contributed by atoms with van der Waals surface area (Å²) in [5, 5.41) is 0. The maximum atomic E-state index is 6.17. The predicted octanol–water partition coefficient (Wildman–Crippen LogP) is 4.33. The Bertz CT molecular complexity index is 432. The number of allylic oxidation sites excluding steroid dienone is 1. The molecule has 1 saturated heterocycles. The minimum Gasteiger partial charge on any atom is -0.373 e. The normalized spacial score (nSPS) is 28.5. The Balaban J connectivity index is 1.91. The van der Waals surface area contributed by atoms with Crippen LogP contribution < -0.4 is 0 Å². The van der Waals surface area contributed by atoms with Gasteiger partial charge in [0.25, 0.3) is 0 Å². The van der Waals surface area contributed by atoms with Gasteiger partial charge in [-0.1, -0.05) is 43.3 Å². The molecule has 0 N–H and O–H groups in total. The molecule has 0 bridgehead atoms. The minimum absolute atomic E-state index is 0.161. The molecule has 1 aliphatic heterocycles. The lowest BCUT2D eigenvalue weighted by molar-refractivity contribution is -0.234. The number of hydrogen-bond donors (Lipinski definition) is 0. The second-order valence-electron chi connectivity index (χ2n) is 5.99. The number of methoxy groups -OCH3 is 1. The van der Waals surface area contributed by atoms with Crippen molar-refractivity contribution in [1.82, 2.24) is 0 Å². The molecule has 1 fully saturated rings. The summed E-state index contributed by atoms with van der Waals surface area (Å²) in [6, 6.07) is 10.3. The lowest BCUT2D eigenvalue weighted by atomic mass is 9.89. The van der Waals surface area contributed by atoms with Crippen molar-refractivity contribution >= 4 is 0 Å². The molecule has 2 rings (SSSR count). The highest BCUT2D eigenvalue weighted by atomic mass is 16.7. The molecule has 4 atom stereocenters. The van der Waals surface area contributed by atoms with Gasteiger partial charge in [0.15, 0.2) is 6.29 Å². The van der Waals surface area contributed by atoms with Crippen molar-refractivity contribution < 1.29 is 14.2 Å². The fraction of sp³-hybridized carbons (Fsp3) is 0.579. The van der Waals surface area contributed by atoms with E-state index in [4.69, 9.17) is 14.2 Å². The van der Waals surface area contributed by atoms with Crippen LogP contribution in [0.15, 0.2) is 43.0 Å². The van der Waals surface area contributed by atoms with Crippen molar-refractivity contribution in [3.8, 4) is 0 Å². The highest BCUT2D eigenvalue weighted by molar-refractivity contribution is 5.13. The molecule has 0 saturated carbocycles. The first-order valence-corrected chi connectivity index (χ1v) is 8.19. The van der Waals surface area contributed by atoms with Crippen LogP contribution in [0, 0.1) is 5.92 Å². The Morgan fingerprint density at radius 1 is 1.32 bits per heavy atom. The largest absolute Gasteiger partial charge is 0.373 e. The second-order valence-corrected chi connectivity index (χ2v) is 5.99. The molecule has 0 radical (unpaired) electrons. The van der Waals surface area contributed by atoms with Crippen LogP contribution in [0.3, 0.4) is 0 Å². The van der Waals surface area contributed by atoms with Gasteiger partial charge >= 0.3 is 0 Å². The molecule has 1 aliphatic rings. The van der Waals surface area contributed by atoms with Crippen LogP contribution >= 0.6 is 0 Å². The van der Waals surface area contributed by atoms with Crippen molar-refractivity contribution in [1.29, 1.82) is 0 Å². The van der Waals surface area contributed by atoms with E-state index >= 15 is 0 Å². The average molecular weight is 304 g/mol. The van der Waals surface area contributed by atoms with Crippen LogP contribution in [0.2, 0.25) is 0 Å². The third kappa shape index (κ3) is 4.94. The summed E-state index contributed by atoms with van der Waals surface area (Å²) in [5.41, 5.74) is 1.21. The van der Waals surface area contributed by atoms with Crippen LogP contribution in [-0.2, 0) is 20.8 Å². The number of hydrogen-bond acceptors (Lipinski definition) is 3. The molecule has 0 amide bonds. The summed E-state index contributed by atoms with van der Waals surface area (Å²) >= 11 is 0. The fourth-order valence-electron chi connectivity index (χ4n) is 2.96. The number of unbranched alkanes of at least 4 members (excludes halogenated alkanes) is 1. The SMILES string of the molecule is C=CCCC[C@H]1O[C@@H](OC)C[C@H](OCc2ccccc2)[C@H]1C. The van der Waals surface area contributed by atoms with Crippen LogP contribution in [0.25, 0.3) is 0 Å². The van der Waals surface area contributed by atoms with Gasteiger partial charge in [-0.2, -0.15) is 0 Å². The monoisotopic (exact) mass is 304 g/mol. The average Bonchev–Trinajstić information content (AvgIpc) is 2.56. The fourth-order valence-corrected chi connectivity index (χ4v) is 2.96. The zero-order valence-corrected chi connectivity index (χ0v) is 13.7. The first kappa shape index (κ1) is 17.2. The molecule has 1 aromatic carbocycles. The van der Waals surface area contributed by atoms with E-state index in [0.29, 0.717) is 12.5 Å². The molecule has 0 spiro atoms. The van der Waals surface area contributed by atoms with Gasteiger partial charge in [-0.3, -0.25) is 0 Å². The highest BCUT2D eigenvalue weighted by Gasteiger charge is 2.36. The van der Waals surface area contributed by atoms with Crippen LogP contribution in [0.4, 0.5) is 0 Å². The molecule has 1 aromatic rings. The smallest absolute Gasteiger partial charge is 0.160 e. The van der Waals surface area contributed by atoms with E-state index < -0.39 is 0 Å². The molecule has 3 nitrogen and oxygen atoms in total. The van der Waals surface area contributed by atoms with Gasteiger partial charge in [-0.05, 0) is 24.8 Å². The van der Waals surface area contributed by atoms with Crippen LogP contribution in [-0.4, -0.2) is 25.6 Å². The van der Waals surface area contributed by atoms with Crippen molar-refractivity contribution in [3.05, 3.63) is 48.6 Å². The molecule has 122 valence electrons. The molecule has 1 heterocycles. The van der Waals surface area contributed by atoms with E-state index in [0.717, 1.165) is 25.7 Å². The summed E-state index contributed by atoms with van der Waals surface area (Å²) < 4.78 is 17.6. The van der Waals surface area contributed by atoms with Gasteiger partial charge in [-0.15, -0.1) is 6.58 Å². The number of benzene rings is 1. The Hall–Kier alpha value is -1.16. The molecular weight excluding hydrogens is 276 g/mol.